The number of fused-ring (bicyclic) bond motifs is 2. The molecule has 2 heterocycles. The Hall–Kier alpha value is -3.21. The van der Waals surface area contributed by atoms with Gasteiger partial charge in [-0.15, -0.1) is 0 Å². The number of hydrogen-bond donors (Lipinski definition) is 0. The highest BCUT2D eigenvalue weighted by Crippen LogP contribution is 2.39. The quantitative estimate of drug-likeness (QED) is 0.466. The molecule has 1 aromatic heterocycles. The molecule has 0 amide bonds. The first-order valence-electron chi connectivity index (χ1n) is 8.28. The third-order valence-electron chi connectivity index (χ3n) is 4.62. The molecule has 3 aromatic rings. The van der Waals surface area contributed by atoms with Crippen LogP contribution in [0, 0.1) is 10.1 Å². The van der Waals surface area contributed by atoms with Crippen molar-refractivity contribution < 1.29 is 22.8 Å². The molecule has 0 saturated carbocycles. The van der Waals surface area contributed by atoms with Gasteiger partial charge in [-0.2, -0.15) is 18.2 Å². The van der Waals surface area contributed by atoms with E-state index >= 15 is 0 Å². The summed E-state index contributed by atoms with van der Waals surface area (Å²) >= 11 is 0.828. The lowest BCUT2D eigenvalue weighted by Gasteiger charge is -2.16. The summed E-state index contributed by atoms with van der Waals surface area (Å²) in [6, 6.07) is 6.57. The van der Waals surface area contributed by atoms with E-state index in [2.05, 4.69) is 4.98 Å². The summed E-state index contributed by atoms with van der Waals surface area (Å²) < 4.78 is 44.3. The van der Waals surface area contributed by atoms with Crippen LogP contribution >= 0.6 is 11.3 Å². The van der Waals surface area contributed by atoms with Crippen molar-refractivity contribution in [3.63, 3.8) is 0 Å². The Bertz CT molecular complexity index is 1210. The molecule has 7 nitrogen and oxygen atoms in total. The number of benzene rings is 2. The lowest BCUT2D eigenvalue weighted by Crippen LogP contribution is -2.19. The van der Waals surface area contributed by atoms with Gasteiger partial charge < -0.3 is 9.64 Å². The van der Waals surface area contributed by atoms with E-state index < -0.39 is 33.3 Å². The van der Waals surface area contributed by atoms with Gasteiger partial charge in [0.2, 0.25) is 0 Å². The van der Waals surface area contributed by atoms with Crippen LogP contribution in [0.4, 0.5) is 24.0 Å². The maximum atomic E-state index is 13.1. The monoisotopic (exact) mass is 423 g/mol. The molecular weight excluding hydrogens is 411 g/mol. The molecule has 0 bridgehead atoms. The number of nitro benzene ring substituents is 1. The molecule has 1 aliphatic heterocycles. The minimum atomic E-state index is -4.82. The predicted octanol–water partition coefficient (Wildman–Crippen LogP) is 4.11. The second kappa shape index (κ2) is 6.69. The average Bonchev–Trinajstić information content (AvgIpc) is 3.09. The Balaban J connectivity index is 1.83. The molecule has 0 unspecified atom stereocenters. The second-order valence-corrected chi connectivity index (χ2v) is 7.40. The highest BCUT2D eigenvalue weighted by Gasteiger charge is 2.34. The van der Waals surface area contributed by atoms with Gasteiger partial charge in [0, 0.05) is 19.2 Å². The van der Waals surface area contributed by atoms with Crippen LogP contribution in [0.15, 0.2) is 35.1 Å². The van der Waals surface area contributed by atoms with Crippen molar-refractivity contribution in [1.29, 1.82) is 0 Å². The van der Waals surface area contributed by atoms with Gasteiger partial charge in [0.25, 0.3) is 11.2 Å². The smallest absolute Gasteiger partial charge is 0.416 e. The molecule has 0 spiro atoms. The number of nitrogens with zero attached hydrogens (tertiary/aromatic N) is 3. The molecule has 0 radical (unpaired) electrons. The third-order valence-corrected chi connectivity index (χ3v) is 5.79. The first kappa shape index (κ1) is 19.1. The van der Waals surface area contributed by atoms with Gasteiger partial charge in [0.15, 0.2) is 5.13 Å². The van der Waals surface area contributed by atoms with Crippen LogP contribution in [0.5, 0.6) is 5.75 Å². The first-order chi connectivity index (χ1) is 13.7. The van der Waals surface area contributed by atoms with Crippen molar-refractivity contribution in [2.24, 2.45) is 0 Å². The average molecular weight is 423 g/mol. The summed E-state index contributed by atoms with van der Waals surface area (Å²) in [7, 11) is 1.54. The van der Waals surface area contributed by atoms with Crippen LogP contribution in [0.2, 0.25) is 0 Å². The van der Waals surface area contributed by atoms with E-state index in [0.29, 0.717) is 31.0 Å². The number of aromatic nitrogens is 1. The summed E-state index contributed by atoms with van der Waals surface area (Å²) in [6.45, 7) is 0.817. The fourth-order valence-corrected chi connectivity index (χ4v) is 4.27. The molecule has 4 rings (SSSR count). The highest BCUT2D eigenvalue weighted by molar-refractivity contribution is 7.22. The minimum absolute atomic E-state index is 0.133. The SMILES string of the molecule is COc1ccc2c(c1)CN(c1nc(=O)c3cc(C(F)(F)F)cc([N+](=O)[O-])c3s1)C2. The van der Waals surface area contributed by atoms with Gasteiger partial charge in [-0.1, -0.05) is 17.4 Å². The second-order valence-electron chi connectivity index (χ2n) is 6.42. The van der Waals surface area contributed by atoms with Crippen LogP contribution in [0.1, 0.15) is 16.7 Å². The van der Waals surface area contributed by atoms with Crippen LogP contribution in [0.3, 0.4) is 0 Å². The number of nitro groups is 1. The van der Waals surface area contributed by atoms with E-state index in [1.165, 1.54) is 0 Å². The molecule has 11 heteroatoms. The topological polar surface area (TPSA) is 85.6 Å². The van der Waals surface area contributed by atoms with Gasteiger partial charge in [-0.25, -0.2) is 0 Å². The van der Waals surface area contributed by atoms with Gasteiger partial charge in [0.1, 0.15) is 10.4 Å². The lowest BCUT2D eigenvalue weighted by molar-refractivity contribution is -0.383. The summed E-state index contributed by atoms with van der Waals surface area (Å²) in [5.41, 5.74) is -1.02. The Morgan fingerprint density at radius 3 is 2.59 bits per heavy atom. The van der Waals surface area contributed by atoms with Crippen LogP contribution in [0.25, 0.3) is 10.1 Å². The van der Waals surface area contributed by atoms with E-state index in [1.807, 2.05) is 12.1 Å². The van der Waals surface area contributed by atoms with Crippen molar-refractivity contribution in [3.05, 3.63) is 67.5 Å². The fraction of sp³-hybridized carbons (Fsp3) is 0.222. The summed E-state index contributed by atoms with van der Waals surface area (Å²) in [5, 5.41) is 11.2. The highest BCUT2D eigenvalue weighted by atomic mass is 32.1. The van der Waals surface area contributed by atoms with Crippen molar-refractivity contribution in [3.8, 4) is 5.75 Å². The van der Waals surface area contributed by atoms with E-state index in [0.717, 1.165) is 22.5 Å². The van der Waals surface area contributed by atoms with Crippen LogP contribution in [-0.2, 0) is 19.3 Å². The third kappa shape index (κ3) is 3.37. The number of rotatable bonds is 3. The van der Waals surface area contributed by atoms with Gasteiger partial charge in [0.05, 0.1) is 23.0 Å². The summed E-state index contributed by atoms with van der Waals surface area (Å²) in [4.78, 5) is 28.6. The van der Waals surface area contributed by atoms with Gasteiger partial charge in [-0.3, -0.25) is 14.9 Å². The number of ether oxygens (including phenoxy) is 1. The molecule has 2 aromatic carbocycles. The molecule has 0 fully saturated rings. The zero-order chi connectivity index (χ0) is 20.9. The van der Waals surface area contributed by atoms with Crippen LogP contribution in [-0.4, -0.2) is 17.0 Å². The van der Waals surface area contributed by atoms with Crippen molar-refractivity contribution in [2.45, 2.75) is 19.3 Å². The number of anilines is 1. The van der Waals surface area contributed by atoms with Crippen molar-refractivity contribution in [2.75, 3.05) is 12.0 Å². The van der Waals surface area contributed by atoms with E-state index in [1.54, 1.807) is 18.1 Å². The minimum Gasteiger partial charge on any atom is -0.497 e. The maximum Gasteiger partial charge on any atom is 0.416 e. The Labute approximate surface area is 165 Å². The van der Waals surface area contributed by atoms with E-state index in [-0.39, 0.29) is 9.83 Å². The normalized spacial score (nSPS) is 13.6. The molecule has 0 atom stereocenters. The molecule has 1 aliphatic rings. The number of halogens is 3. The number of alkyl halides is 3. The summed E-state index contributed by atoms with van der Waals surface area (Å²) in [5.74, 6) is 0.667. The van der Waals surface area contributed by atoms with Crippen molar-refractivity contribution in [1.82, 2.24) is 4.98 Å². The zero-order valence-corrected chi connectivity index (χ0v) is 15.6. The lowest BCUT2D eigenvalue weighted by atomic mass is 10.1. The van der Waals surface area contributed by atoms with Gasteiger partial charge >= 0.3 is 6.18 Å². The summed E-state index contributed by atoms with van der Waals surface area (Å²) in [6.07, 6.45) is -4.82. The Morgan fingerprint density at radius 1 is 1.21 bits per heavy atom. The van der Waals surface area contributed by atoms with E-state index in [9.17, 15) is 28.1 Å². The molecule has 150 valence electrons. The van der Waals surface area contributed by atoms with Crippen molar-refractivity contribution >= 4 is 32.2 Å². The molecular formula is C18H12F3N3O4S. The Kier molecular flexibility index (Phi) is 4.41. The first-order valence-corrected chi connectivity index (χ1v) is 9.10. The molecule has 0 saturated heterocycles. The number of non-ortho nitro benzene ring substituents is 1. The molecule has 0 aliphatic carbocycles. The maximum absolute atomic E-state index is 13.1. The Morgan fingerprint density at radius 2 is 1.93 bits per heavy atom. The zero-order valence-electron chi connectivity index (χ0n) is 14.8. The molecule has 0 N–H and O–H groups in total. The predicted molar refractivity (Wildman–Crippen MR) is 100 cm³/mol. The van der Waals surface area contributed by atoms with Crippen LogP contribution < -0.4 is 15.2 Å². The largest absolute Gasteiger partial charge is 0.497 e. The van der Waals surface area contributed by atoms with Gasteiger partial charge in [-0.05, 0) is 29.3 Å². The standard InChI is InChI=1S/C18H12F3N3O4S/c1-28-12-3-2-9-7-23(8-10(9)4-12)17-22-16(25)13-5-11(18(19,20)21)6-14(24(26)27)15(13)29-17/h2-6H,7-8H2,1H3. The number of hydrogen-bond acceptors (Lipinski definition) is 7. The van der Waals surface area contributed by atoms with E-state index in [4.69, 9.17) is 4.74 Å². The fourth-order valence-electron chi connectivity index (χ4n) is 3.21. The number of methoxy groups -OCH3 is 1. The molecule has 29 heavy (non-hydrogen) atoms.